The Morgan fingerprint density at radius 3 is 2.63 bits per heavy atom. The van der Waals surface area contributed by atoms with E-state index >= 15 is 0 Å². The van der Waals surface area contributed by atoms with E-state index in [9.17, 15) is 10.4 Å². The molecule has 138 valence electrons. The highest BCUT2D eigenvalue weighted by Crippen LogP contribution is 2.48. The van der Waals surface area contributed by atoms with Crippen molar-refractivity contribution < 1.29 is 5.11 Å². The van der Waals surface area contributed by atoms with Gasteiger partial charge in [0.05, 0.1) is 15.5 Å². The number of phenolic OH excluding ortho intramolecular Hbond substituents is 1. The van der Waals surface area contributed by atoms with Crippen LogP contribution in [0.3, 0.4) is 0 Å². The monoisotopic (exact) mass is 398 g/mol. The van der Waals surface area contributed by atoms with Crippen LogP contribution in [-0.2, 0) is 0 Å². The molecule has 27 heavy (non-hydrogen) atoms. The van der Waals surface area contributed by atoms with Gasteiger partial charge in [-0.05, 0) is 31.0 Å². The SMILES string of the molecule is N#Cc1c(N2CCCCCC2)sc(-c2ncc[nH]2)c1-c1ccc(O)cc1Cl. The second-order valence-corrected chi connectivity index (χ2v) is 8.01. The van der Waals surface area contributed by atoms with Gasteiger partial charge in [-0.1, -0.05) is 24.4 Å². The number of thiophene rings is 1. The molecule has 0 spiro atoms. The van der Waals surface area contributed by atoms with E-state index in [1.165, 1.54) is 18.9 Å². The fourth-order valence-corrected chi connectivity index (χ4v) is 5.09. The Bertz CT molecular complexity index is 982. The van der Waals surface area contributed by atoms with E-state index in [0.29, 0.717) is 10.6 Å². The molecule has 0 aliphatic carbocycles. The third kappa shape index (κ3) is 3.41. The Kier molecular flexibility index (Phi) is 5.06. The number of nitrogens with one attached hydrogen (secondary N) is 1. The Hall–Kier alpha value is -2.49. The van der Waals surface area contributed by atoms with E-state index in [1.807, 2.05) is 0 Å². The smallest absolute Gasteiger partial charge is 0.148 e. The first-order valence-electron chi connectivity index (χ1n) is 8.99. The number of phenols is 1. The highest BCUT2D eigenvalue weighted by Gasteiger charge is 2.27. The maximum atomic E-state index is 10.0. The summed E-state index contributed by atoms with van der Waals surface area (Å²) in [6, 6.07) is 7.28. The normalized spacial score (nSPS) is 14.7. The summed E-state index contributed by atoms with van der Waals surface area (Å²) in [4.78, 5) is 10.8. The highest BCUT2D eigenvalue weighted by atomic mass is 35.5. The van der Waals surface area contributed by atoms with Gasteiger partial charge in [0.15, 0.2) is 0 Å². The van der Waals surface area contributed by atoms with Crippen molar-refractivity contribution in [3.8, 4) is 33.6 Å². The summed E-state index contributed by atoms with van der Waals surface area (Å²) in [6.45, 7) is 1.91. The predicted octanol–water partition coefficient (Wildman–Crippen LogP) is 5.42. The largest absolute Gasteiger partial charge is 0.508 e. The number of hydrogen-bond acceptors (Lipinski definition) is 5. The Balaban J connectivity index is 1.94. The number of halogens is 1. The van der Waals surface area contributed by atoms with Crippen LogP contribution in [-0.4, -0.2) is 28.2 Å². The van der Waals surface area contributed by atoms with Crippen molar-refractivity contribution in [2.75, 3.05) is 18.0 Å². The zero-order valence-electron chi connectivity index (χ0n) is 14.7. The molecular weight excluding hydrogens is 380 g/mol. The van der Waals surface area contributed by atoms with Crippen molar-refractivity contribution in [2.24, 2.45) is 0 Å². The summed E-state index contributed by atoms with van der Waals surface area (Å²) in [7, 11) is 0. The summed E-state index contributed by atoms with van der Waals surface area (Å²) in [6.07, 6.45) is 8.20. The topological polar surface area (TPSA) is 75.9 Å². The number of hydrogen-bond donors (Lipinski definition) is 2. The number of aromatic amines is 1. The van der Waals surface area contributed by atoms with Crippen molar-refractivity contribution in [1.29, 1.82) is 5.26 Å². The van der Waals surface area contributed by atoms with Crippen LogP contribution in [0.4, 0.5) is 5.00 Å². The average molecular weight is 399 g/mol. The molecule has 2 N–H and O–H groups in total. The van der Waals surface area contributed by atoms with E-state index in [1.54, 1.807) is 35.9 Å². The molecule has 1 fully saturated rings. The van der Waals surface area contributed by atoms with Crippen LogP contribution in [0.15, 0.2) is 30.6 Å². The number of benzene rings is 1. The number of imidazole rings is 1. The van der Waals surface area contributed by atoms with Crippen LogP contribution in [0.2, 0.25) is 5.02 Å². The number of aromatic hydroxyl groups is 1. The first-order chi connectivity index (χ1) is 13.2. The first kappa shape index (κ1) is 17.9. The van der Waals surface area contributed by atoms with Crippen LogP contribution in [0.5, 0.6) is 5.75 Å². The molecule has 4 rings (SSSR count). The molecule has 0 amide bonds. The fourth-order valence-electron chi connectivity index (χ4n) is 3.54. The third-order valence-electron chi connectivity index (χ3n) is 4.83. The van der Waals surface area contributed by atoms with Crippen molar-refractivity contribution >= 4 is 27.9 Å². The third-order valence-corrected chi connectivity index (χ3v) is 6.40. The lowest BCUT2D eigenvalue weighted by molar-refractivity contribution is 0.475. The molecule has 1 aromatic carbocycles. The summed E-state index contributed by atoms with van der Waals surface area (Å²) in [5.41, 5.74) is 2.14. The number of H-pyrrole nitrogens is 1. The zero-order chi connectivity index (χ0) is 18.8. The van der Waals surface area contributed by atoms with Crippen molar-refractivity contribution in [1.82, 2.24) is 9.97 Å². The van der Waals surface area contributed by atoms with E-state index in [2.05, 4.69) is 20.9 Å². The molecular formula is C20H19ClN4OS. The van der Waals surface area contributed by atoms with Gasteiger partial charge in [-0.3, -0.25) is 0 Å². The van der Waals surface area contributed by atoms with E-state index < -0.39 is 0 Å². The lowest BCUT2D eigenvalue weighted by atomic mass is 10.0. The van der Waals surface area contributed by atoms with Crippen LogP contribution in [0, 0.1) is 11.3 Å². The van der Waals surface area contributed by atoms with Crippen molar-refractivity contribution in [2.45, 2.75) is 25.7 Å². The van der Waals surface area contributed by atoms with E-state index in [0.717, 1.165) is 52.8 Å². The molecule has 0 saturated carbocycles. The van der Waals surface area contributed by atoms with Crippen molar-refractivity contribution in [3.63, 3.8) is 0 Å². The number of nitriles is 1. The Morgan fingerprint density at radius 1 is 1.22 bits per heavy atom. The van der Waals surface area contributed by atoms with Crippen LogP contribution in [0.25, 0.3) is 21.8 Å². The first-order valence-corrected chi connectivity index (χ1v) is 10.2. The number of rotatable bonds is 3. The standard InChI is InChI=1S/C20H19ClN4OS/c21-16-11-13(26)5-6-14(16)17-15(12-22)20(25-9-3-1-2-4-10-25)27-18(17)19-23-7-8-24-19/h5-8,11,26H,1-4,9-10H2,(H,23,24). The lowest BCUT2D eigenvalue weighted by Gasteiger charge is -2.21. The van der Waals surface area contributed by atoms with E-state index in [4.69, 9.17) is 11.6 Å². The van der Waals surface area contributed by atoms with Gasteiger partial charge >= 0.3 is 0 Å². The Morgan fingerprint density at radius 2 is 2.00 bits per heavy atom. The second kappa shape index (κ2) is 7.63. The minimum Gasteiger partial charge on any atom is -0.508 e. The van der Waals surface area contributed by atoms with Gasteiger partial charge in [0, 0.05) is 36.6 Å². The summed E-state index contributed by atoms with van der Waals surface area (Å²) >= 11 is 8.02. The molecule has 3 heterocycles. The van der Waals surface area contributed by atoms with Gasteiger partial charge < -0.3 is 15.0 Å². The molecule has 0 unspecified atom stereocenters. The minimum absolute atomic E-state index is 0.102. The number of nitrogens with zero attached hydrogens (tertiary/aromatic N) is 3. The molecule has 1 aliphatic rings. The number of anilines is 1. The van der Waals surface area contributed by atoms with Gasteiger partial charge in [-0.2, -0.15) is 5.26 Å². The maximum absolute atomic E-state index is 10.0. The van der Waals surface area contributed by atoms with Gasteiger partial charge in [0.2, 0.25) is 0 Å². The second-order valence-electron chi connectivity index (χ2n) is 6.60. The molecule has 3 aromatic rings. The van der Waals surface area contributed by atoms with Crippen LogP contribution < -0.4 is 4.90 Å². The Labute approximate surface area is 166 Å². The molecule has 5 nitrogen and oxygen atoms in total. The molecule has 1 saturated heterocycles. The lowest BCUT2D eigenvalue weighted by Crippen LogP contribution is -2.23. The summed E-state index contributed by atoms with van der Waals surface area (Å²) < 4.78 is 0. The maximum Gasteiger partial charge on any atom is 0.148 e. The van der Waals surface area contributed by atoms with Gasteiger partial charge in [-0.25, -0.2) is 4.98 Å². The molecule has 0 atom stereocenters. The number of aromatic nitrogens is 2. The van der Waals surface area contributed by atoms with E-state index in [-0.39, 0.29) is 5.75 Å². The molecule has 2 aromatic heterocycles. The molecule has 7 heteroatoms. The zero-order valence-corrected chi connectivity index (χ0v) is 16.3. The summed E-state index contributed by atoms with van der Waals surface area (Å²) in [5.74, 6) is 0.821. The van der Waals surface area contributed by atoms with Gasteiger partial charge in [-0.15, -0.1) is 11.3 Å². The summed E-state index contributed by atoms with van der Waals surface area (Å²) in [5, 5.41) is 21.1. The fraction of sp³-hybridized carbons (Fsp3) is 0.300. The van der Waals surface area contributed by atoms with Crippen molar-refractivity contribution in [3.05, 3.63) is 41.2 Å². The quantitative estimate of drug-likeness (QED) is 0.617. The molecule has 0 radical (unpaired) electrons. The van der Waals surface area contributed by atoms with Crippen LogP contribution in [0.1, 0.15) is 31.2 Å². The predicted molar refractivity (Wildman–Crippen MR) is 109 cm³/mol. The average Bonchev–Trinajstić information content (AvgIpc) is 3.22. The van der Waals surface area contributed by atoms with Gasteiger partial charge in [0.25, 0.3) is 0 Å². The molecule has 1 aliphatic heterocycles. The van der Waals surface area contributed by atoms with Crippen LogP contribution >= 0.6 is 22.9 Å². The van der Waals surface area contributed by atoms with Gasteiger partial charge in [0.1, 0.15) is 22.6 Å². The minimum atomic E-state index is 0.102. The molecule has 0 bridgehead atoms. The highest BCUT2D eigenvalue weighted by molar-refractivity contribution is 7.20.